The number of nitrogen functional groups attached to an aromatic ring is 1. The first kappa shape index (κ1) is 31.8. The number of benzene rings is 3. The van der Waals surface area contributed by atoms with Gasteiger partial charge in [0.05, 0.1) is 16.8 Å². The van der Waals surface area contributed by atoms with Gasteiger partial charge in [-0.05, 0) is 74.1 Å². The number of aryl methyl sites for hydroxylation is 1. The monoisotopic (exact) mass is 649 g/mol. The third-order valence-corrected chi connectivity index (χ3v) is 8.37. The molecule has 1 atom stereocenters. The van der Waals surface area contributed by atoms with Gasteiger partial charge in [-0.25, -0.2) is 4.98 Å². The highest BCUT2D eigenvalue weighted by atomic mass is 35.5. The van der Waals surface area contributed by atoms with Crippen LogP contribution in [0.1, 0.15) is 32.7 Å². The zero-order valence-electron chi connectivity index (χ0n) is 26.5. The fraction of sp³-hybridized carbons (Fsp3) is 0.222. The number of hydrogen-bond donors (Lipinski definition) is 2. The number of anilines is 1. The topological polar surface area (TPSA) is 119 Å². The second-order valence-corrected chi connectivity index (χ2v) is 12.4. The van der Waals surface area contributed by atoms with E-state index in [0.29, 0.717) is 41.4 Å². The number of nitrogens with one attached hydrogen (secondary N) is 1. The van der Waals surface area contributed by atoms with Gasteiger partial charge < -0.3 is 25.6 Å². The molecule has 2 amide bonds. The Morgan fingerprint density at radius 1 is 0.979 bits per heavy atom. The van der Waals surface area contributed by atoms with E-state index in [1.807, 2.05) is 75.9 Å². The molecule has 240 valence electrons. The lowest BCUT2D eigenvalue weighted by Gasteiger charge is -2.18. The lowest BCUT2D eigenvalue weighted by atomic mass is 10.0. The van der Waals surface area contributed by atoms with Crippen LogP contribution in [0, 0.1) is 0 Å². The number of ether oxygens (including phenoxy) is 1. The number of pyridine rings is 1. The number of hydrogen-bond acceptors (Lipinski definition) is 7. The standard InChI is InChI=1S/C36H36ClN7O3/c1-42(2)20-23-4-10-29(11-5-23)47-30-12-13-31(33(37)17-30)24-6-8-25(9-7-24)36(46)44-15-14-28(22-44)41-35(45)32-16-26(18-39-34(32)38)27-19-40-43(3)21-27/h4-13,16-19,21,28H,14-15,20,22H2,1-3H3,(H2,38,39)(H,41,45)/t28-/m1/s1. The molecule has 0 unspecified atom stereocenters. The highest BCUT2D eigenvalue weighted by Crippen LogP contribution is 2.33. The molecule has 0 saturated carbocycles. The molecule has 5 aromatic rings. The summed E-state index contributed by atoms with van der Waals surface area (Å²) in [4.78, 5) is 34.6. The van der Waals surface area contributed by atoms with Gasteiger partial charge in [0, 0.05) is 73.4 Å². The molecule has 0 bridgehead atoms. The molecule has 11 heteroatoms. The Hall–Kier alpha value is -5.19. The summed E-state index contributed by atoms with van der Waals surface area (Å²) in [6.45, 7) is 1.79. The first-order chi connectivity index (χ1) is 22.6. The maximum atomic E-state index is 13.3. The van der Waals surface area contributed by atoms with Gasteiger partial charge in [-0.3, -0.25) is 14.3 Å². The quantitative estimate of drug-likeness (QED) is 0.205. The molecule has 1 aliphatic rings. The number of nitrogens with zero attached hydrogens (tertiary/aromatic N) is 5. The Kier molecular flexibility index (Phi) is 9.24. The summed E-state index contributed by atoms with van der Waals surface area (Å²) in [5.74, 6) is 1.10. The van der Waals surface area contributed by atoms with Crippen LogP contribution in [0.15, 0.2) is 91.4 Å². The van der Waals surface area contributed by atoms with Crippen LogP contribution in [0.5, 0.6) is 11.5 Å². The predicted molar refractivity (Wildman–Crippen MR) is 183 cm³/mol. The first-order valence-corrected chi connectivity index (χ1v) is 15.7. The molecular weight excluding hydrogens is 614 g/mol. The molecular formula is C36H36ClN7O3. The second-order valence-electron chi connectivity index (χ2n) is 12.0. The van der Waals surface area contributed by atoms with Gasteiger partial charge in [-0.1, -0.05) is 35.9 Å². The molecule has 0 radical (unpaired) electrons. The van der Waals surface area contributed by atoms with Crippen LogP contribution >= 0.6 is 11.6 Å². The Morgan fingerprint density at radius 2 is 1.72 bits per heavy atom. The Labute approximate surface area is 278 Å². The van der Waals surface area contributed by atoms with Crippen LogP contribution in [0.4, 0.5) is 5.82 Å². The number of likely N-dealkylation sites (tertiary alicyclic amines) is 1. The molecule has 2 aromatic heterocycles. The molecule has 3 aromatic carbocycles. The lowest BCUT2D eigenvalue weighted by Crippen LogP contribution is -2.38. The fourth-order valence-electron chi connectivity index (χ4n) is 5.64. The minimum atomic E-state index is -0.324. The van der Waals surface area contributed by atoms with Crippen LogP contribution < -0.4 is 15.8 Å². The first-order valence-electron chi connectivity index (χ1n) is 15.3. The van der Waals surface area contributed by atoms with Crippen LogP contribution in [-0.4, -0.2) is 69.6 Å². The largest absolute Gasteiger partial charge is 0.457 e. The molecule has 1 saturated heterocycles. The van der Waals surface area contributed by atoms with E-state index < -0.39 is 0 Å². The maximum absolute atomic E-state index is 13.3. The summed E-state index contributed by atoms with van der Waals surface area (Å²) >= 11 is 6.66. The van der Waals surface area contributed by atoms with Crippen LogP contribution in [0.2, 0.25) is 5.02 Å². The Morgan fingerprint density at radius 3 is 2.40 bits per heavy atom. The average Bonchev–Trinajstić information content (AvgIpc) is 3.71. The smallest absolute Gasteiger partial charge is 0.255 e. The molecule has 3 N–H and O–H groups in total. The van der Waals surface area contributed by atoms with Crippen LogP contribution in [-0.2, 0) is 13.6 Å². The van der Waals surface area contributed by atoms with E-state index in [1.54, 1.807) is 46.2 Å². The van der Waals surface area contributed by atoms with E-state index in [2.05, 4.69) is 20.3 Å². The predicted octanol–water partition coefficient (Wildman–Crippen LogP) is 5.88. The number of amides is 2. The zero-order valence-corrected chi connectivity index (χ0v) is 27.2. The second kappa shape index (κ2) is 13.7. The zero-order chi connectivity index (χ0) is 33.1. The molecule has 1 aliphatic heterocycles. The van der Waals surface area contributed by atoms with Gasteiger partial charge in [-0.2, -0.15) is 5.10 Å². The van der Waals surface area contributed by atoms with Crippen LogP contribution in [0.3, 0.4) is 0 Å². The minimum absolute atomic E-state index is 0.0977. The third kappa shape index (κ3) is 7.45. The number of carbonyl (C=O) groups excluding carboxylic acids is 2. The Balaban J connectivity index is 1.05. The van der Waals surface area contributed by atoms with E-state index in [0.717, 1.165) is 34.5 Å². The molecule has 0 spiro atoms. The van der Waals surface area contributed by atoms with Gasteiger partial charge in [-0.15, -0.1) is 0 Å². The van der Waals surface area contributed by atoms with E-state index >= 15 is 0 Å². The van der Waals surface area contributed by atoms with E-state index in [1.165, 1.54) is 5.56 Å². The molecule has 3 heterocycles. The molecule has 1 fully saturated rings. The number of rotatable bonds is 9. The molecule has 0 aliphatic carbocycles. The summed E-state index contributed by atoms with van der Waals surface area (Å²) in [5.41, 5.74) is 11.4. The maximum Gasteiger partial charge on any atom is 0.255 e. The van der Waals surface area contributed by atoms with Gasteiger partial charge in [0.15, 0.2) is 0 Å². The lowest BCUT2D eigenvalue weighted by molar-refractivity contribution is 0.0783. The van der Waals surface area contributed by atoms with E-state index in [9.17, 15) is 9.59 Å². The summed E-state index contributed by atoms with van der Waals surface area (Å²) in [7, 11) is 5.89. The van der Waals surface area contributed by atoms with Crippen molar-refractivity contribution in [2.45, 2.75) is 19.0 Å². The van der Waals surface area contributed by atoms with Gasteiger partial charge in [0.25, 0.3) is 11.8 Å². The van der Waals surface area contributed by atoms with Crippen molar-refractivity contribution in [1.82, 2.24) is 29.9 Å². The van der Waals surface area contributed by atoms with Gasteiger partial charge in [0.1, 0.15) is 17.3 Å². The van der Waals surface area contributed by atoms with Crippen molar-refractivity contribution in [1.29, 1.82) is 0 Å². The van der Waals surface area contributed by atoms with Crippen molar-refractivity contribution < 1.29 is 14.3 Å². The Bertz CT molecular complexity index is 1910. The highest BCUT2D eigenvalue weighted by Gasteiger charge is 2.29. The summed E-state index contributed by atoms with van der Waals surface area (Å²) in [6, 6.07) is 22.5. The normalized spacial score (nSPS) is 14.4. The fourth-order valence-corrected chi connectivity index (χ4v) is 5.92. The van der Waals surface area contributed by atoms with E-state index in [4.69, 9.17) is 22.1 Å². The van der Waals surface area contributed by atoms with Crippen molar-refractivity contribution in [2.75, 3.05) is 32.9 Å². The van der Waals surface area contributed by atoms with Crippen molar-refractivity contribution in [3.8, 4) is 33.8 Å². The van der Waals surface area contributed by atoms with Crippen LogP contribution in [0.25, 0.3) is 22.3 Å². The SMILES string of the molecule is CN(C)Cc1ccc(Oc2ccc(-c3ccc(C(=O)N4CC[C@@H](NC(=O)c5cc(-c6cnn(C)c6)cnc5N)C4)cc3)c(Cl)c2)cc1. The molecule has 10 nitrogen and oxygen atoms in total. The summed E-state index contributed by atoms with van der Waals surface area (Å²) in [5, 5.41) is 7.75. The molecule has 47 heavy (non-hydrogen) atoms. The van der Waals surface area contributed by atoms with Gasteiger partial charge >= 0.3 is 0 Å². The van der Waals surface area contributed by atoms with Crippen molar-refractivity contribution in [2.24, 2.45) is 7.05 Å². The van der Waals surface area contributed by atoms with Gasteiger partial charge in [0.2, 0.25) is 0 Å². The number of aromatic nitrogens is 3. The third-order valence-electron chi connectivity index (χ3n) is 8.05. The number of carbonyl (C=O) groups is 2. The van der Waals surface area contributed by atoms with E-state index in [-0.39, 0.29) is 23.7 Å². The molecule has 6 rings (SSSR count). The average molecular weight is 650 g/mol. The van der Waals surface area contributed by atoms with Crippen molar-refractivity contribution in [3.63, 3.8) is 0 Å². The van der Waals surface area contributed by atoms with Crippen molar-refractivity contribution >= 4 is 29.2 Å². The highest BCUT2D eigenvalue weighted by molar-refractivity contribution is 6.33. The summed E-state index contributed by atoms with van der Waals surface area (Å²) in [6.07, 6.45) is 5.80. The van der Waals surface area contributed by atoms with Crippen molar-refractivity contribution in [3.05, 3.63) is 113 Å². The summed E-state index contributed by atoms with van der Waals surface area (Å²) < 4.78 is 7.70. The minimum Gasteiger partial charge on any atom is -0.457 e. The number of halogens is 1. The number of nitrogens with two attached hydrogens (primary N) is 1.